The maximum Gasteiger partial charge on any atom is 0.356 e. The number of hydrogen-bond donors (Lipinski definition) is 1. The Labute approximate surface area is 134 Å². The van der Waals surface area contributed by atoms with Gasteiger partial charge in [0, 0.05) is 0 Å². The Balaban J connectivity index is 1.83. The van der Waals surface area contributed by atoms with Crippen LogP contribution in [0.2, 0.25) is 0 Å². The summed E-state index contributed by atoms with van der Waals surface area (Å²) in [6.07, 6.45) is 2.77. The van der Waals surface area contributed by atoms with Gasteiger partial charge in [-0.25, -0.2) is 14.8 Å². The molecule has 120 valence electrons. The summed E-state index contributed by atoms with van der Waals surface area (Å²) >= 11 is 0. The van der Waals surface area contributed by atoms with Gasteiger partial charge >= 0.3 is 5.97 Å². The number of morpholine rings is 1. The van der Waals surface area contributed by atoms with Gasteiger partial charge in [0.25, 0.3) is 0 Å². The van der Waals surface area contributed by atoms with Crippen LogP contribution in [0.1, 0.15) is 34.6 Å². The minimum Gasteiger partial charge on any atom is -0.476 e. The Kier molecular flexibility index (Phi) is 4.25. The van der Waals surface area contributed by atoms with E-state index < -0.39 is 5.97 Å². The molecule has 0 saturated carbocycles. The van der Waals surface area contributed by atoms with E-state index in [9.17, 15) is 4.79 Å². The summed E-state index contributed by atoms with van der Waals surface area (Å²) in [7, 11) is 0. The summed E-state index contributed by atoms with van der Waals surface area (Å²) in [6.45, 7) is 5.37. The monoisotopic (exact) mass is 313 g/mol. The van der Waals surface area contributed by atoms with Crippen molar-refractivity contribution in [2.24, 2.45) is 0 Å². The maximum atomic E-state index is 10.9. The average molecular weight is 313 g/mol. The van der Waals surface area contributed by atoms with Crippen LogP contribution >= 0.6 is 0 Å². The van der Waals surface area contributed by atoms with Crippen LogP contribution in [0.5, 0.6) is 0 Å². The van der Waals surface area contributed by atoms with Crippen molar-refractivity contribution in [2.45, 2.75) is 26.0 Å². The summed E-state index contributed by atoms with van der Waals surface area (Å²) in [5, 5.41) is 8.92. The molecule has 1 fully saturated rings. The van der Waals surface area contributed by atoms with Gasteiger partial charge in [-0.2, -0.15) is 0 Å². The first-order chi connectivity index (χ1) is 11.1. The van der Waals surface area contributed by atoms with Gasteiger partial charge in [0.1, 0.15) is 11.9 Å². The van der Waals surface area contributed by atoms with Crippen molar-refractivity contribution in [3.05, 3.63) is 53.5 Å². The number of anilines is 1. The molecule has 6 nitrogen and oxygen atoms in total. The number of carboxylic acids is 1. The number of carbonyl (C=O) groups is 1. The molecule has 23 heavy (non-hydrogen) atoms. The quantitative estimate of drug-likeness (QED) is 0.938. The Morgan fingerprint density at radius 1 is 1.30 bits per heavy atom. The van der Waals surface area contributed by atoms with Crippen LogP contribution in [-0.4, -0.2) is 40.2 Å². The van der Waals surface area contributed by atoms with Crippen LogP contribution in [0.3, 0.4) is 0 Å². The van der Waals surface area contributed by atoms with Gasteiger partial charge in [0.2, 0.25) is 0 Å². The summed E-state index contributed by atoms with van der Waals surface area (Å²) < 4.78 is 5.99. The molecule has 1 aromatic heterocycles. The number of aromatic nitrogens is 2. The lowest BCUT2D eigenvalue weighted by Gasteiger charge is -2.39. The normalized spacial score (nSPS) is 21.2. The second kappa shape index (κ2) is 6.34. The topological polar surface area (TPSA) is 75.6 Å². The van der Waals surface area contributed by atoms with Crippen LogP contribution in [0.15, 0.2) is 36.7 Å². The molecule has 1 saturated heterocycles. The molecule has 6 heteroatoms. The fourth-order valence-electron chi connectivity index (χ4n) is 2.79. The Bertz CT molecular complexity index is 702. The van der Waals surface area contributed by atoms with Crippen molar-refractivity contribution in [2.75, 3.05) is 18.1 Å². The van der Waals surface area contributed by atoms with Crippen LogP contribution in [0, 0.1) is 6.92 Å². The molecule has 1 aliphatic heterocycles. The van der Waals surface area contributed by atoms with E-state index in [1.54, 1.807) is 0 Å². The zero-order valence-electron chi connectivity index (χ0n) is 13.1. The largest absolute Gasteiger partial charge is 0.476 e. The molecule has 2 heterocycles. The van der Waals surface area contributed by atoms with Crippen molar-refractivity contribution >= 4 is 11.8 Å². The number of rotatable bonds is 3. The lowest BCUT2D eigenvalue weighted by molar-refractivity contribution is 0.0208. The van der Waals surface area contributed by atoms with Crippen molar-refractivity contribution < 1.29 is 14.6 Å². The zero-order valence-corrected chi connectivity index (χ0v) is 13.1. The van der Waals surface area contributed by atoms with Crippen molar-refractivity contribution in [1.29, 1.82) is 0 Å². The number of hydrogen-bond acceptors (Lipinski definition) is 5. The smallest absolute Gasteiger partial charge is 0.356 e. The number of benzene rings is 1. The summed E-state index contributed by atoms with van der Waals surface area (Å²) in [6, 6.07) is 8.32. The molecule has 3 rings (SSSR count). The van der Waals surface area contributed by atoms with Gasteiger partial charge < -0.3 is 14.7 Å². The molecule has 2 aromatic rings. The second-order valence-electron chi connectivity index (χ2n) is 5.74. The molecular formula is C17H19N3O3. The Morgan fingerprint density at radius 3 is 2.74 bits per heavy atom. The first-order valence-corrected chi connectivity index (χ1v) is 7.55. The van der Waals surface area contributed by atoms with Crippen molar-refractivity contribution in [3.63, 3.8) is 0 Å². The highest BCUT2D eigenvalue weighted by Crippen LogP contribution is 2.29. The Morgan fingerprint density at radius 2 is 2.09 bits per heavy atom. The van der Waals surface area contributed by atoms with E-state index in [1.807, 2.05) is 12.1 Å². The van der Waals surface area contributed by atoms with E-state index in [1.165, 1.54) is 23.5 Å². The summed E-state index contributed by atoms with van der Waals surface area (Å²) in [5.74, 6) is -0.402. The number of ether oxygens (including phenoxy) is 1. The standard InChI is InChI=1S/C17H19N3O3/c1-11-5-3-4-6-13(11)15-9-20(12(2)10-23-15)16-8-18-14(7-19-16)17(21)22/h3-8,12,15H,9-10H2,1-2H3,(H,21,22). The molecule has 0 amide bonds. The highest BCUT2D eigenvalue weighted by atomic mass is 16.5. The lowest BCUT2D eigenvalue weighted by Crippen LogP contribution is -2.45. The fourth-order valence-corrected chi connectivity index (χ4v) is 2.79. The molecule has 1 aromatic carbocycles. The number of nitrogens with zero attached hydrogens (tertiary/aromatic N) is 3. The van der Waals surface area contributed by atoms with E-state index in [2.05, 4.69) is 40.8 Å². The van der Waals surface area contributed by atoms with E-state index >= 15 is 0 Å². The van der Waals surface area contributed by atoms with Gasteiger partial charge in [-0.05, 0) is 25.0 Å². The molecule has 0 spiro atoms. The highest BCUT2D eigenvalue weighted by Gasteiger charge is 2.29. The molecule has 1 N–H and O–H groups in total. The second-order valence-corrected chi connectivity index (χ2v) is 5.74. The van der Waals surface area contributed by atoms with Crippen LogP contribution in [0.25, 0.3) is 0 Å². The lowest BCUT2D eigenvalue weighted by atomic mass is 10.0. The van der Waals surface area contributed by atoms with E-state index in [0.717, 1.165) is 0 Å². The van der Waals surface area contributed by atoms with E-state index in [0.29, 0.717) is 19.0 Å². The highest BCUT2D eigenvalue weighted by molar-refractivity contribution is 5.84. The summed E-state index contributed by atoms with van der Waals surface area (Å²) in [5.41, 5.74) is 2.31. The fraction of sp³-hybridized carbons (Fsp3) is 0.353. The first kappa shape index (κ1) is 15.4. The molecule has 0 radical (unpaired) electrons. The van der Waals surface area contributed by atoms with Crippen LogP contribution in [-0.2, 0) is 4.74 Å². The number of aryl methyl sites for hydroxylation is 1. The van der Waals surface area contributed by atoms with Crippen molar-refractivity contribution in [1.82, 2.24) is 9.97 Å². The maximum absolute atomic E-state index is 10.9. The zero-order chi connectivity index (χ0) is 16.4. The van der Waals surface area contributed by atoms with E-state index in [-0.39, 0.29) is 17.8 Å². The number of aromatic carboxylic acids is 1. The van der Waals surface area contributed by atoms with Gasteiger partial charge in [-0.1, -0.05) is 24.3 Å². The SMILES string of the molecule is Cc1ccccc1C1CN(c2cnc(C(=O)O)cn2)C(C)CO1. The Hall–Kier alpha value is -2.47. The number of carboxylic acid groups (broad SMARTS) is 1. The van der Waals surface area contributed by atoms with Crippen LogP contribution in [0.4, 0.5) is 5.82 Å². The van der Waals surface area contributed by atoms with Gasteiger partial charge in [0.05, 0.1) is 31.6 Å². The van der Waals surface area contributed by atoms with Crippen molar-refractivity contribution in [3.8, 4) is 0 Å². The minimum atomic E-state index is -1.07. The third kappa shape index (κ3) is 3.17. The minimum absolute atomic E-state index is 0.0339. The average Bonchev–Trinajstić information content (AvgIpc) is 2.56. The molecule has 2 atom stereocenters. The summed E-state index contributed by atoms with van der Waals surface area (Å²) in [4.78, 5) is 21.2. The van der Waals surface area contributed by atoms with Gasteiger partial charge in [0.15, 0.2) is 5.69 Å². The first-order valence-electron chi connectivity index (χ1n) is 7.55. The molecule has 1 aliphatic rings. The van der Waals surface area contributed by atoms with Crippen LogP contribution < -0.4 is 4.90 Å². The van der Waals surface area contributed by atoms with E-state index in [4.69, 9.17) is 9.84 Å². The third-order valence-electron chi connectivity index (χ3n) is 4.12. The van der Waals surface area contributed by atoms with Gasteiger partial charge in [-0.3, -0.25) is 0 Å². The van der Waals surface area contributed by atoms with Gasteiger partial charge in [-0.15, -0.1) is 0 Å². The molecule has 0 bridgehead atoms. The predicted molar refractivity (Wildman–Crippen MR) is 85.7 cm³/mol. The molecular weight excluding hydrogens is 294 g/mol. The third-order valence-corrected chi connectivity index (χ3v) is 4.12. The molecule has 0 aliphatic carbocycles. The predicted octanol–water partition coefficient (Wildman–Crippen LogP) is 2.45. The molecule has 2 unspecified atom stereocenters.